The van der Waals surface area contributed by atoms with Gasteiger partial charge in [-0.15, -0.1) is 0 Å². The minimum atomic E-state index is -3.53. The molecule has 0 aliphatic carbocycles. The Morgan fingerprint density at radius 2 is 1.70 bits per heavy atom. The molecule has 1 saturated heterocycles. The van der Waals surface area contributed by atoms with Crippen LogP contribution in [0, 0.1) is 17.0 Å². The summed E-state index contributed by atoms with van der Waals surface area (Å²) < 4.78 is 26.9. The van der Waals surface area contributed by atoms with Crippen molar-refractivity contribution in [3.05, 3.63) is 87.4 Å². The van der Waals surface area contributed by atoms with E-state index in [4.69, 9.17) is 0 Å². The highest BCUT2D eigenvalue weighted by Gasteiger charge is 2.26. The lowest BCUT2D eigenvalue weighted by Gasteiger charge is -2.34. The van der Waals surface area contributed by atoms with Gasteiger partial charge in [0, 0.05) is 61.0 Å². The summed E-state index contributed by atoms with van der Waals surface area (Å²) in [5.41, 5.74) is 2.08. The van der Waals surface area contributed by atoms with E-state index in [9.17, 15) is 18.5 Å². The first-order valence-corrected chi connectivity index (χ1v) is 11.9. The minimum absolute atomic E-state index is 0.0264. The Balaban J connectivity index is 1.48. The molecule has 0 spiro atoms. The van der Waals surface area contributed by atoms with Crippen molar-refractivity contribution in [3.8, 4) is 11.4 Å². The molecule has 170 valence electrons. The first-order valence-electron chi connectivity index (χ1n) is 10.4. The third-order valence-electron chi connectivity index (χ3n) is 5.31. The molecule has 0 radical (unpaired) electrons. The van der Waals surface area contributed by atoms with Crippen LogP contribution in [0.2, 0.25) is 0 Å². The standard InChI is InChI=1S/C23H23N5O4S/c1-18-16-22(25-23(24-18)20-8-5-9-21(17-20)28(29)30)26-11-13-27(14-12-26)33(31,32)15-10-19-6-3-2-4-7-19/h2-10,15-17H,11-14H2,1H3/b15-10+. The summed E-state index contributed by atoms with van der Waals surface area (Å²) >= 11 is 0. The summed E-state index contributed by atoms with van der Waals surface area (Å²) in [5.74, 6) is 1.07. The molecule has 3 aromatic rings. The van der Waals surface area contributed by atoms with Crippen molar-refractivity contribution < 1.29 is 13.3 Å². The molecule has 4 rings (SSSR count). The summed E-state index contributed by atoms with van der Waals surface area (Å²) in [4.78, 5) is 21.7. The van der Waals surface area contributed by atoms with Crippen LogP contribution < -0.4 is 4.90 Å². The molecular weight excluding hydrogens is 442 g/mol. The number of rotatable bonds is 6. The molecule has 9 nitrogen and oxygen atoms in total. The third kappa shape index (κ3) is 5.41. The number of sulfonamides is 1. The van der Waals surface area contributed by atoms with E-state index in [0.29, 0.717) is 43.4 Å². The fourth-order valence-corrected chi connectivity index (χ4v) is 4.76. The molecule has 0 N–H and O–H groups in total. The number of piperazine rings is 1. The van der Waals surface area contributed by atoms with Gasteiger partial charge in [0.1, 0.15) is 5.82 Å². The molecule has 1 aliphatic heterocycles. The van der Waals surface area contributed by atoms with Gasteiger partial charge in [-0.2, -0.15) is 4.31 Å². The number of anilines is 1. The SMILES string of the molecule is Cc1cc(N2CCN(S(=O)(=O)/C=C/c3ccccc3)CC2)nc(-c2cccc([N+](=O)[O-])c2)n1. The Morgan fingerprint density at radius 3 is 2.39 bits per heavy atom. The van der Waals surface area contributed by atoms with E-state index in [1.165, 1.54) is 21.8 Å². The first-order chi connectivity index (χ1) is 15.8. The summed E-state index contributed by atoms with van der Waals surface area (Å²) in [7, 11) is -3.53. The monoisotopic (exact) mass is 465 g/mol. The van der Waals surface area contributed by atoms with E-state index < -0.39 is 14.9 Å². The van der Waals surface area contributed by atoms with Crippen LogP contribution in [0.5, 0.6) is 0 Å². The third-order valence-corrected chi connectivity index (χ3v) is 6.88. The molecule has 1 aliphatic rings. The average Bonchev–Trinajstić information content (AvgIpc) is 2.83. The van der Waals surface area contributed by atoms with Gasteiger partial charge >= 0.3 is 0 Å². The lowest BCUT2D eigenvalue weighted by Crippen LogP contribution is -2.48. The van der Waals surface area contributed by atoms with E-state index in [0.717, 1.165) is 11.3 Å². The summed E-state index contributed by atoms with van der Waals surface area (Å²) in [6.07, 6.45) is 1.60. The second-order valence-corrected chi connectivity index (χ2v) is 9.46. The van der Waals surface area contributed by atoms with Crippen LogP contribution in [0.15, 0.2) is 66.1 Å². The van der Waals surface area contributed by atoms with Gasteiger partial charge in [-0.25, -0.2) is 18.4 Å². The number of nitrogens with zero attached hydrogens (tertiary/aromatic N) is 5. The van der Waals surface area contributed by atoms with Crippen LogP contribution in [-0.2, 0) is 10.0 Å². The zero-order valence-corrected chi connectivity index (χ0v) is 18.9. The Morgan fingerprint density at radius 1 is 0.970 bits per heavy atom. The Kier molecular flexibility index (Phi) is 6.47. The number of nitro groups is 1. The van der Waals surface area contributed by atoms with Crippen LogP contribution >= 0.6 is 0 Å². The summed E-state index contributed by atoms with van der Waals surface area (Å²) in [6.45, 7) is 3.45. The highest BCUT2D eigenvalue weighted by atomic mass is 32.2. The van der Waals surface area contributed by atoms with Gasteiger partial charge in [-0.1, -0.05) is 42.5 Å². The number of hydrogen-bond donors (Lipinski definition) is 0. The summed E-state index contributed by atoms with van der Waals surface area (Å²) in [5, 5.41) is 12.3. The zero-order chi connectivity index (χ0) is 23.4. The number of hydrogen-bond acceptors (Lipinski definition) is 7. The lowest BCUT2D eigenvalue weighted by atomic mass is 10.2. The first kappa shape index (κ1) is 22.6. The fourth-order valence-electron chi connectivity index (χ4n) is 3.59. The van der Waals surface area contributed by atoms with E-state index in [1.54, 1.807) is 18.2 Å². The number of aryl methyl sites for hydroxylation is 1. The zero-order valence-electron chi connectivity index (χ0n) is 18.0. The lowest BCUT2D eigenvalue weighted by molar-refractivity contribution is -0.384. The van der Waals surface area contributed by atoms with E-state index >= 15 is 0 Å². The predicted octanol–water partition coefficient (Wildman–Crippen LogP) is 3.48. The maximum atomic E-state index is 12.7. The Labute approximate surface area is 192 Å². The number of benzene rings is 2. The van der Waals surface area contributed by atoms with Crippen LogP contribution in [0.4, 0.5) is 11.5 Å². The Hall–Kier alpha value is -3.63. The highest BCUT2D eigenvalue weighted by molar-refractivity contribution is 7.92. The van der Waals surface area contributed by atoms with Gasteiger partial charge in [-0.3, -0.25) is 10.1 Å². The molecular formula is C23H23N5O4S. The van der Waals surface area contributed by atoms with Crippen molar-refractivity contribution in [1.29, 1.82) is 0 Å². The smallest absolute Gasteiger partial charge is 0.270 e. The van der Waals surface area contributed by atoms with Gasteiger partial charge in [0.15, 0.2) is 5.82 Å². The van der Waals surface area contributed by atoms with Crippen molar-refractivity contribution in [2.24, 2.45) is 0 Å². The molecule has 2 heterocycles. The topological polar surface area (TPSA) is 110 Å². The normalized spacial score (nSPS) is 15.1. The maximum Gasteiger partial charge on any atom is 0.270 e. The second-order valence-electron chi connectivity index (χ2n) is 7.64. The summed E-state index contributed by atoms with van der Waals surface area (Å²) in [6, 6.07) is 17.3. The maximum absolute atomic E-state index is 12.7. The Bertz CT molecular complexity index is 1290. The van der Waals surface area contributed by atoms with Crippen molar-refractivity contribution in [1.82, 2.24) is 14.3 Å². The second kappa shape index (κ2) is 9.47. The molecule has 1 aromatic heterocycles. The molecule has 2 aromatic carbocycles. The number of aromatic nitrogens is 2. The molecule has 33 heavy (non-hydrogen) atoms. The molecule has 0 amide bonds. The highest BCUT2D eigenvalue weighted by Crippen LogP contribution is 2.24. The molecule has 0 atom stereocenters. The molecule has 0 saturated carbocycles. The average molecular weight is 466 g/mol. The molecule has 1 fully saturated rings. The van der Waals surface area contributed by atoms with Crippen molar-refractivity contribution in [2.75, 3.05) is 31.1 Å². The fraction of sp³-hybridized carbons (Fsp3) is 0.217. The van der Waals surface area contributed by atoms with E-state index in [-0.39, 0.29) is 5.69 Å². The largest absolute Gasteiger partial charge is 0.354 e. The molecule has 10 heteroatoms. The van der Waals surface area contributed by atoms with Gasteiger partial charge in [-0.05, 0) is 18.6 Å². The number of nitro benzene ring substituents is 1. The van der Waals surface area contributed by atoms with E-state index in [1.807, 2.05) is 48.2 Å². The van der Waals surface area contributed by atoms with Crippen molar-refractivity contribution >= 4 is 27.6 Å². The van der Waals surface area contributed by atoms with Crippen LogP contribution in [0.3, 0.4) is 0 Å². The van der Waals surface area contributed by atoms with Crippen LogP contribution in [0.25, 0.3) is 17.5 Å². The van der Waals surface area contributed by atoms with Crippen molar-refractivity contribution in [3.63, 3.8) is 0 Å². The number of non-ortho nitro benzene ring substituents is 1. The van der Waals surface area contributed by atoms with Gasteiger partial charge in [0.2, 0.25) is 10.0 Å². The van der Waals surface area contributed by atoms with Crippen LogP contribution in [0.1, 0.15) is 11.3 Å². The van der Waals surface area contributed by atoms with Gasteiger partial charge < -0.3 is 4.90 Å². The predicted molar refractivity (Wildman–Crippen MR) is 127 cm³/mol. The van der Waals surface area contributed by atoms with Crippen molar-refractivity contribution in [2.45, 2.75) is 6.92 Å². The van der Waals surface area contributed by atoms with Gasteiger partial charge in [0.05, 0.1) is 4.92 Å². The molecule has 0 unspecified atom stereocenters. The minimum Gasteiger partial charge on any atom is -0.354 e. The van der Waals surface area contributed by atoms with E-state index in [2.05, 4.69) is 9.97 Å². The molecule has 0 bridgehead atoms. The quantitative estimate of drug-likeness (QED) is 0.405. The van der Waals surface area contributed by atoms with Gasteiger partial charge in [0.25, 0.3) is 5.69 Å². The van der Waals surface area contributed by atoms with Crippen LogP contribution in [-0.4, -0.2) is 53.8 Å².